The number of carbonyl (C=O) groups excluding carboxylic acids is 1. The van der Waals surface area contributed by atoms with Gasteiger partial charge in [-0.1, -0.05) is 89.6 Å². The van der Waals surface area contributed by atoms with E-state index in [1.165, 1.54) is 11.8 Å². The quantitative estimate of drug-likeness (QED) is 0.150. The Morgan fingerprint density at radius 3 is 2.26 bits per heavy atom. The van der Waals surface area contributed by atoms with Crippen molar-refractivity contribution in [2.45, 2.75) is 30.4 Å². The van der Waals surface area contributed by atoms with Crippen LogP contribution in [0.1, 0.15) is 27.0 Å². The molecule has 0 aliphatic carbocycles. The lowest BCUT2D eigenvalue weighted by atomic mass is 10.1. The number of fused-ring (bicyclic) bond motifs is 1. The van der Waals surface area contributed by atoms with E-state index < -0.39 is 0 Å². The second-order valence-corrected chi connectivity index (χ2v) is 10.9. The van der Waals surface area contributed by atoms with Gasteiger partial charge in [-0.15, -0.1) is 0 Å². The number of rotatable bonds is 9. The molecule has 0 bridgehead atoms. The minimum atomic E-state index is -0.250. The van der Waals surface area contributed by atoms with Gasteiger partial charge in [0.15, 0.2) is 5.16 Å². The van der Waals surface area contributed by atoms with Crippen LogP contribution in [0.15, 0.2) is 107 Å². The van der Waals surface area contributed by atoms with E-state index in [4.69, 9.17) is 28.2 Å². The lowest BCUT2D eigenvalue weighted by Crippen LogP contribution is -2.25. The van der Waals surface area contributed by atoms with E-state index in [1.807, 2.05) is 72.8 Å². The zero-order valence-electron chi connectivity index (χ0n) is 20.9. The van der Waals surface area contributed by atoms with Crippen LogP contribution in [0.25, 0.3) is 10.9 Å². The van der Waals surface area contributed by atoms with E-state index in [9.17, 15) is 9.59 Å². The molecular formula is C31H25Cl2N3O2S. The van der Waals surface area contributed by atoms with Gasteiger partial charge in [-0.3, -0.25) is 14.2 Å². The molecule has 5 rings (SSSR count). The molecular weight excluding hydrogens is 549 g/mol. The molecule has 8 heteroatoms. The third kappa shape index (κ3) is 6.90. The van der Waals surface area contributed by atoms with Crippen molar-refractivity contribution >= 4 is 51.8 Å². The van der Waals surface area contributed by atoms with Gasteiger partial charge in [-0.2, -0.15) is 0 Å². The van der Waals surface area contributed by atoms with E-state index in [-0.39, 0.29) is 11.5 Å². The number of nitrogens with one attached hydrogen (secondary N) is 1. The van der Waals surface area contributed by atoms with Crippen molar-refractivity contribution < 1.29 is 4.79 Å². The predicted molar refractivity (Wildman–Crippen MR) is 160 cm³/mol. The Balaban J connectivity index is 1.44. The van der Waals surface area contributed by atoms with Gasteiger partial charge in [-0.25, -0.2) is 4.98 Å². The average Bonchev–Trinajstić information content (AvgIpc) is 2.95. The first-order valence-electron chi connectivity index (χ1n) is 12.4. The van der Waals surface area contributed by atoms with Gasteiger partial charge in [0, 0.05) is 34.5 Å². The average molecular weight is 575 g/mol. The predicted octanol–water partition coefficient (Wildman–Crippen LogP) is 7.17. The highest BCUT2D eigenvalue weighted by Gasteiger charge is 2.15. The number of amides is 1. The maximum absolute atomic E-state index is 13.6. The first kappa shape index (κ1) is 27.0. The fraction of sp³-hybridized carbons (Fsp3) is 0.129. The van der Waals surface area contributed by atoms with Gasteiger partial charge in [0.25, 0.3) is 11.5 Å². The molecule has 0 aliphatic heterocycles. The largest absolute Gasteiger partial charge is 0.348 e. The first-order valence-corrected chi connectivity index (χ1v) is 14.2. The number of benzene rings is 4. The van der Waals surface area contributed by atoms with Crippen molar-refractivity contribution in [2.24, 2.45) is 0 Å². The summed E-state index contributed by atoms with van der Waals surface area (Å²) < 4.78 is 1.73. The molecule has 5 aromatic rings. The SMILES string of the molecule is O=C(NCc1cccc(Cl)c1)c1ccc2c(=O)n(CCc3ccccc3)c(SCc3cccc(Cl)c3)nc2c1. The molecule has 0 spiro atoms. The van der Waals surface area contributed by atoms with Crippen molar-refractivity contribution in [1.29, 1.82) is 0 Å². The van der Waals surface area contributed by atoms with Crippen LogP contribution in [-0.2, 0) is 25.3 Å². The molecule has 0 fully saturated rings. The molecule has 0 saturated carbocycles. The number of nitrogens with zero attached hydrogens (tertiary/aromatic N) is 2. The molecule has 0 unspecified atom stereocenters. The maximum Gasteiger partial charge on any atom is 0.262 e. The Morgan fingerprint density at radius 1 is 0.821 bits per heavy atom. The van der Waals surface area contributed by atoms with E-state index in [1.54, 1.807) is 28.8 Å². The zero-order valence-corrected chi connectivity index (χ0v) is 23.3. The Hall–Kier alpha value is -3.58. The summed E-state index contributed by atoms with van der Waals surface area (Å²) in [5.74, 6) is 0.351. The fourth-order valence-corrected chi connectivity index (χ4v) is 5.63. The van der Waals surface area contributed by atoms with Crippen LogP contribution < -0.4 is 10.9 Å². The molecule has 1 aromatic heterocycles. The third-order valence-corrected chi connectivity index (χ3v) is 7.77. The van der Waals surface area contributed by atoms with E-state index >= 15 is 0 Å². The van der Waals surface area contributed by atoms with Crippen LogP contribution in [0, 0.1) is 0 Å². The van der Waals surface area contributed by atoms with Gasteiger partial charge in [0.1, 0.15) is 0 Å². The van der Waals surface area contributed by atoms with Crippen molar-refractivity contribution in [2.75, 3.05) is 0 Å². The molecule has 0 atom stereocenters. The summed E-state index contributed by atoms with van der Waals surface area (Å²) in [6.45, 7) is 0.832. The summed E-state index contributed by atoms with van der Waals surface area (Å²) in [6.07, 6.45) is 0.697. The van der Waals surface area contributed by atoms with Gasteiger partial charge in [0.05, 0.1) is 10.9 Å². The molecule has 0 aliphatic rings. The van der Waals surface area contributed by atoms with Crippen LogP contribution in [0.5, 0.6) is 0 Å². The maximum atomic E-state index is 13.6. The van der Waals surface area contributed by atoms with Crippen LogP contribution >= 0.6 is 35.0 Å². The molecule has 1 N–H and O–H groups in total. The number of hydrogen-bond acceptors (Lipinski definition) is 4. The van der Waals surface area contributed by atoms with E-state index in [0.29, 0.717) is 56.9 Å². The number of thioether (sulfide) groups is 1. The third-order valence-electron chi connectivity index (χ3n) is 6.25. The van der Waals surface area contributed by atoms with Crippen LogP contribution in [0.4, 0.5) is 0 Å². The standard InChI is InChI=1S/C31H25Cl2N3O2S/c32-25-10-4-8-22(16-25)19-34-29(37)24-12-13-27-28(18-24)35-31(39-20-23-9-5-11-26(33)17-23)36(30(27)38)15-14-21-6-2-1-3-7-21/h1-13,16-18H,14-15,19-20H2,(H,34,37). The lowest BCUT2D eigenvalue weighted by Gasteiger charge is -2.14. The Morgan fingerprint density at radius 2 is 1.51 bits per heavy atom. The minimum absolute atomic E-state index is 0.129. The second kappa shape index (κ2) is 12.5. The molecule has 1 heterocycles. The molecule has 5 nitrogen and oxygen atoms in total. The molecule has 0 radical (unpaired) electrons. The van der Waals surface area contributed by atoms with E-state index in [0.717, 1.165) is 16.7 Å². The van der Waals surface area contributed by atoms with Crippen LogP contribution in [0.3, 0.4) is 0 Å². The number of hydrogen-bond donors (Lipinski definition) is 1. The number of aromatic nitrogens is 2. The highest BCUT2D eigenvalue weighted by Crippen LogP contribution is 2.24. The highest BCUT2D eigenvalue weighted by molar-refractivity contribution is 7.98. The monoisotopic (exact) mass is 573 g/mol. The number of aryl methyl sites for hydroxylation is 1. The smallest absolute Gasteiger partial charge is 0.262 e. The topological polar surface area (TPSA) is 64.0 Å². The van der Waals surface area contributed by atoms with Gasteiger partial charge in [-0.05, 0) is 65.6 Å². The van der Waals surface area contributed by atoms with Crippen molar-refractivity contribution in [3.63, 3.8) is 0 Å². The normalized spacial score (nSPS) is 11.0. The van der Waals surface area contributed by atoms with Gasteiger partial charge >= 0.3 is 0 Å². The summed E-state index contributed by atoms with van der Waals surface area (Å²) >= 11 is 13.7. The zero-order chi connectivity index (χ0) is 27.2. The highest BCUT2D eigenvalue weighted by atomic mass is 35.5. The molecule has 196 valence electrons. The van der Waals surface area contributed by atoms with Crippen molar-refractivity contribution in [3.05, 3.63) is 140 Å². The fourth-order valence-electron chi connectivity index (χ4n) is 4.24. The Labute approximate surface area is 240 Å². The number of halogens is 2. The molecule has 4 aromatic carbocycles. The molecule has 1 amide bonds. The summed E-state index contributed by atoms with van der Waals surface area (Å²) in [5, 5.41) is 5.26. The second-order valence-electron chi connectivity index (χ2n) is 9.05. The molecule has 0 saturated heterocycles. The van der Waals surface area contributed by atoms with Crippen LogP contribution in [-0.4, -0.2) is 15.5 Å². The summed E-state index contributed by atoms with van der Waals surface area (Å²) in [6, 6.07) is 30.1. The van der Waals surface area contributed by atoms with Gasteiger partial charge < -0.3 is 5.32 Å². The summed E-state index contributed by atoms with van der Waals surface area (Å²) in [5.41, 5.74) is 3.86. The van der Waals surface area contributed by atoms with E-state index in [2.05, 4.69) is 5.32 Å². The molecule has 39 heavy (non-hydrogen) atoms. The number of carbonyl (C=O) groups is 1. The summed E-state index contributed by atoms with van der Waals surface area (Å²) in [7, 11) is 0. The van der Waals surface area contributed by atoms with Crippen LogP contribution in [0.2, 0.25) is 10.0 Å². The van der Waals surface area contributed by atoms with Crippen molar-refractivity contribution in [1.82, 2.24) is 14.9 Å². The van der Waals surface area contributed by atoms with Gasteiger partial charge in [0.2, 0.25) is 0 Å². The van der Waals surface area contributed by atoms with Crippen molar-refractivity contribution in [3.8, 4) is 0 Å². The minimum Gasteiger partial charge on any atom is -0.348 e. The Kier molecular flexibility index (Phi) is 8.67. The lowest BCUT2D eigenvalue weighted by molar-refractivity contribution is 0.0951. The first-order chi connectivity index (χ1) is 19.0. The summed E-state index contributed by atoms with van der Waals surface area (Å²) in [4.78, 5) is 31.4. The Bertz CT molecular complexity index is 1690.